The Hall–Kier alpha value is -4.66. The molecule has 5 rings (SSSR count). The third-order valence-corrected chi connectivity index (χ3v) is 9.20. The van der Waals surface area contributed by atoms with Gasteiger partial charge in [-0.2, -0.15) is 4.98 Å². The third-order valence-electron chi connectivity index (χ3n) is 9.20. The van der Waals surface area contributed by atoms with Crippen LogP contribution in [0.5, 0.6) is 0 Å². The van der Waals surface area contributed by atoms with E-state index in [1.165, 1.54) is 4.57 Å². The molecule has 3 N–H and O–H groups in total. The summed E-state index contributed by atoms with van der Waals surface area (Å²) < 4.78 is 12.2. The number of piperazine rings is 1. The number of hydrogen-bond acceptors (Lipinski definition) is 9. The molecule has 51 heavy (non-hydrogen) atoms. The molecule has 0 radical (unpaired) electrons. The van der Waals surface area contributed by atoms with Crippen LogP contribution in [0.25, 0.3) is 5.69 Å². The fourth-order valence-corrected chi connectivity index (χ4v) is 6.55. The number of alkyl carbamates (subject to hydrolysis) is 2. The van der Waals surface area contributed by atoms with Gasteiger partial charge in [0.25, 0.3) is 0 Å². The number of urea groups is 1. The largest absolute Gasteiger partial charge is 0.444 e. The standard InChI is InChI=1S/C36H52N8O7/c1-33(2,3)50-31(48)39-35(7,8)28(45)42-17-19-43(20-18-42)29(46)37-27-13-15-44(30(47)38-27)26-11-9-24(10-12-26)22-41-16-14-36(21-25(36)23-41)40-32(49)51-34(4,5)6/h9-13,15,25H,14,16-23H2,1-8H3,(H,39,48)(H,40,49)(H,37,38,46,47). The lowest BCUT2D eigenvalue weighted by molar-refractivity contribution is -0.138. The Kier molecular flexibility index (Phi) is 10.4. The van der Waals surface area contributed by atoms with Crippen LogP contribution in [0.1, 0.15) is 73.8 Å². The summed E-state index contributed by atoms with van der Waals surface area (Å²) in [6, 6.07) is 8.87. The van der Waals surface area contributed by atoms with Crippen molar-refractivity contribution in [2.75, 3.05) is 44.6 Å². The number of likely N-dealkylation sites (tertiary alicyclic amines) is 1. The first kappa shape index (κ1) is 37.6. The SMILES string of the molecule is CC(C)(C)OC(=O)NC(C)(C)C(=O)N1CCN(C(=O)Nc2ccn(-c3ccc(CN4CCC5(NC(=O)OC(C)(C)C)CC5C4)cc3)c(=O)n2)CC1. The predicted molar refractivity (Wildman–Crippen MR) is 191 cm³/mol. The quantitative estimate of drug-likeness (QED) is 0.389. The van der Waals surface area contributed by atoms with E-state index >= 15 is 0 Å². The number of fused-ring (bicyclic) bond motifs is 1. The minimum absolute atomic E-state index is 0.126. The molecule has 1 aromatic carbocycles. The van der Waals surface area contributed by atoms with Crippen LogP contribution in [0.2, 0.25) is 0 Å². The van der Waals surface area contributed by atoms with E-state index in [9.17, 15) is 24.0 Å². The Morgan fingerprint density at radius 3 is 2.04 bits per heavy atom. The molecule has 3 fully saturated rings. The number of hydrogen-bond donors (Lipinski definition) is 3. The number of benzene rings is 1. The smallest absolute Gasteiger partial charge is 0.408 e. The number of nitrogens with one attached hydrogen (secondary N) is 3. The molecule has 0 bridgehead atoms. The Morgan fingerprint density at radius 1 is 0.843 bits per heavy atom. The summed E-state index contributed by atoms with van der Waals surface area (Å²) in [7, 11) is 0. The number of piperidine rings is 1. The highest BCUT2D eigenvalue weighted by Gasteiger charge is 2.58. The van der Waals surface area contributed by atoms with Crippen LogP contribution in [0.15, 0.2) is 41.3 Å². The highest BCUT2D eigenvalue weighted by Crippen LogP contribution is 2.49. The summed E-state index contributed by atoms with van der Waals surface area (Å²) in [4.78, 5) is 73.2. The molecule has 2 aliphatic heterocycles. The van der Waals surface area contributed by atoms with E-state index in [1.807, 2.05) is 45.0 Å². The molecule has 15 heteroatoms. The number of nitrogens with zero attached hydrogens (tertiary/aromatic N) is 5. The first-order chi connectivity index (χ1) is 23.7. The van der Waals surface area contributed by atoms with Gasteiger partial charge in [0.15, 0.2) is 0 Å². The molecular weight excluding hydrogens is 656 g/mol. The predicted octanol–water partition coefficient (Wildman–Crippen LogP) is 3.70. The highest BCUT2D eigenvalue weighted by molar-refractivity contribution is 5.90. The molecule has 278 valence electrons. The van der Waals surface area contributed by atoms with E-state index in [2.05, 4.69) is 25.8 Å². The molecule has 2 aromatic rings. The van der Waals surface area contributed by atoms with Crippen LogP contribution >= 0.6 is 0 Å². The van der Waals surface area contributed by atoms with Crippen molar-refractivity contribution < 1.29 is 28.7 Å². The monoisotopic (exact) mass is 708 g/mol. The van der Waals surface area contributed by atoms with E-state index in [0.29, 0.717) is 11.6 Å². The molecule has 2 atom stereocenters. The van der Waals surface area contributed by atoms with Gasteiger partial charge in [-0.05, 0) is 97.9 Å². The van der Waals surface area contributed by atoms with Gasteiger partial charge >= 0.3 is 23.9 Å². The first-order valence-electron chi connectivity index (χ1n) is 17.5. The van der Waals surface area contributed by atoms with Crippen LogP contribution in [-0.4, -0.2) is 110 Å². The summed E-state index contributed by atoms with van der Waals surface area (Å²) in [5, 5.41) is 8.43. The van der Waals surface area contributed by atoms with Crippen LogP contribution in [0, 0.1) is 5.92 Å². The summed E-state index contributed by atoms with van der Waals surface area (Å²) in [6.45, 7) is 17.7. The molecule has 1 saturated carbocycles. The number of carbonyl (C=O) groups excluding carboxylic acids is 4. The first-order valence-corrected chi connectivity index (χ1v) is 17.5. The third kappa shape index (κ3) is 9.78. The van der Waals surface area contributed by atoms with Gasteiger partial charge in [-0.3, -0.25) is 19.6 Å². The molecule has 3 heterocycles. The van der Waals surface area contributed by atoms with E-state index in [0.717, 1.165) is 38.0 Å². The summed E-state index contributed by atoms with van der Waals surface area (Å²) >= 11 is 0. The van der Waals surface area contributed by atoms with Crippen molar-refractivity contribution in [3.8, 4) is 5.69 Å². The summed E-state index contributed by atoms with van der Waals surface area (Å²) in [6.07, 6.45) is 2.38. The molecular formula is C36H52N8O7. The lowest BCUT2D eigenvalue weighted by atomic mass is 10.0. The van der Waals surface area contributed by atoms with Crippen molar-refractivity contribution in [2.24, 2.45) is 5.92 Å². The van der Waals surface area contributed by atoms with E-state index in [4.69, 9.17) is 9.47 Å². The summed E-state index contributed by atoms with van der Waals surface area (Å²) in [5.41, 5.74) is -1.33. The maximum Gasteiger partial charge on any atom is 0.408 e. The molecule has 3 aliphatic rings. The van der Waals surface area contributed by atoms with E-state index in [-0.39, 0.29) is 49.5 Å². The molecule has 1 aliphatic carbocycles. The van der Waals surface area contributed by atoms with Crippen LogP contribution < -0.4 is 21.6 Å². The zero-order chi connectivity index (χ0) is 37.4. The molecule has 15 nitrogen and oxygen atoms in total. The van der Waals surface area contributed by atoms with Crippen molar-refractivity contribution in [1.82, 2.24) is 34.9 Å². The van der Waals surface area contributed by atoms with Crippen LogP contribution in [0.4, 0.5) is 20.2 Å². The van der Waals surface area contributed by atoms with Gasteiger partial charge in [0.05, 0.1) is 5.69 Å². The zero-order valence-electron chi connectivity index (χ0n) is 31.0. The van der Waals surface area contributed by atoms with Gasteiger partial charge in [0.2, 0.25) is 5.91 Å². The van der Waals surface area contributed by atoms with Crippen LogP contribution in [-0.2, 0) is 20.8 Å². The molecule has 1 aromatic heterocycles. The van der Waals surface area contributed by atoms with Crippen molar-refractivity contribution >= 4 is 29.9 Å². The average molecular weight is 709 g/mol. The number of aromatic nitrogens is 2. The fraction of sp³-hybridized carbons (Fsp3) is 0.611. The van der Waals surface area contributed by atoms with Crippen LogP contribution in [0.3, 0.4) is 0 Å². The van der Waals surface area contributed by atoms with Crippen molar-refractivity contribution in [3.63, 3.8) is 0 Å². The summed E-state index contributed by atoms with van der Waals surface area (Å²) in [5.74, 6) is 0.251. The van der Waals surface area contributed by atoms with Crippen molar-refractivity contribution in [1.29, 1.82) is 0 Å². The number of carbonyl (C=O) groups is 4. The fourth-order valence-electron chi connectivity index (χ4n) is 6.55. The highest BCUT2D eigenvalue weighted by atomic mass is 16.6. The number of anilines is 1. The minimum atomic E-state index is -1.19. The Balaban J connectivity index is 1.08. The van der Waals surface area contributed by atoms with Gasteiger partial charge in [-0.1, -0.05) is 12.1 Å². The Labute approximate surface area is 299 Å². The van der Waals surface area contributed by atoms with Crippen molar-refractivity contribution in [3.05, 3.63) is 52.6 Å². The average Bonchev–Trinajstić information content (AvgIpc) is 3.71. The van der Waals surface area contributed by atoms with Gasteiger partial charge in [0, 0.05) is 57.5 Å². The molecule has 2 saturated heterocycles. The zero-order valence-corrected chi connectivity index (χ0v) is 31.0. The Morgan fingerprint density at radius 2 is 1.45 bits per heavy atom. The molecule has 2 unspecified atom stereocenters. The second-order valence-corrected chi connectivity index (χ2v) is 16.3. The second-order valence-electron chi connectivity index (χ2n) is 16.3. The molecule has 0 spiro atoms. The van der Waals surface area contributed by atoms with Crippen molar-refractivity contribution in [2.45, 2.75) is 97.1 Å². The number of amides is 5. The lowest BCUT2D eigenvalue weighted by Gasteiger charge is -2.38. The second kappa shape index (κ2) is 14.2. The minimum Gasteiger partial charge on any atom is -0.444 e. The van der Waals surface area contributed by atoms with E-state index in [1.54, 1.807) is 56.7 Å². The van der Waals surface area contributed by atoms with Gasteiger partial charge in [0.1, 0.15) is 22.6 Å². The maximum atomic E-state index is 13.1. The van der Waals surface area contributed by atoms with Gasteiger partial charge in [-0.25, -0.2) is 19.2 Å². The van der Waals surface area contributed by atoms with E-state index < -0.39 is 34.6 Å². The van der Waals surface area contributed by atoms with Gasteiger partial charge < -0.3 is 29.9 Å². The number of rotatable bonds is 7. The normalized spacial score (nSPS) is 20.9. The van der Waals surface area contributed by atoms with Gasteiger partial charge in [-0.15, -0.1) is 0 Å². The Bertz CT molecular complexity index is 1690. The lowest BCUT2D eigenvalue weighted by Crippen LogP contribution is -2.60. The maximum absolute atomic E-state index is 13.1. The molecule has 5 amide bonds. The topological polar surface area (TPSA) is 167 Å². The number of ether oxygens (including phenoxy) is 2.